The summed E-state index contributed by atoms with van der Waals surface area (Å²) >= 11 is 0. The monoisotopic (exact) mass is 252 g/mol. The summed E-state index contributed by atoms with van der Waals surface area (Å²) in [5.41, 5.74) is 0.926. The van der Waals surface area contributed by atoms with Crippen LogP contribution in [0.3, 0.4) is 0 Å². The predicted octanol–water partition coefficient (Wildman–Crippen LogP) is 4.09. The number of hydrogen-bond donors (Lipinski definition) is 1. The van der Waals surface area contributed by atoms with Crippen molar-refractivity contribution >= 4 is 0 Å². The van der Waals surface area contributed by atoms with Crippen LogP contribution in [0.25, 0.3) is 0 Å². The highest BCUT2D eigenvalue weighted by Gasteiger charge is 2.13. The minimum absolute atomic E-state index is 0.216. The molecular weight excluding hydrogens is 227 g/mol. The van der Waals surface area contributed by atoms with E-state index in [4.69, 9.17) is 0 Å². The normalized spacial score (nSPS) is 14.8. The maximum atomic E-state index is 12.8. The Morgan fingerprint density at radius 3 is 2.44 bits per heavy atom. The number of hydrogen-bond acceptors (Lipinski definition) is 2. The van der Waals surface area contributed by atoms with Gasteiger partial charge in [0.05, 0.1) is 11.9 Å². The Balaban J connectivity index is 2.53. The summed E-state index contributed by atoms with van der Waals surface area (Å²) in [5.74, 6) is 0.458. The van der Waals surface area contributed by atoms with Crippen LogP contribution in [0.5, 0.6) is 0 Å². The Morgan fingerprint density at radius 1 is 1.22 bits per heavy atom. The van der Waals surface area contributed by atoms with Gasteiger partial charge in [0.15, 0.2) is 0 Å². The fraction of sp³-hybridized carbons (Fsp3) is 0.667. The molecule has 0 saturated carbocycles. The van der Waals surface area contributed by atoms with E-state index in [9.17, 15) is 4.39 Å². The van der Waals surface area contributed by atoms with E-state index in [-0.39, 0.29) is 11.9 Å². The average Bonchev–Trinajstić information content (AvgIpc) is 2.34. The molecule has 1 aromatic heterocycles. The van der Waals surface area contributed by atoms with Gasteiger partial charge in [0.1, 0.15) is 5.82 Å². The third kappa shape index (κ3) is 5.13. The zero-order valence-electron chi connectivity index (χ0n) is 11.9. The van der Waals surface area contributed by atoms with Crippen LogP contribution in [0.1, 0.15) is 58.7 Å². The van der Waals surface area contributed by atoms with Crippen LogP contribution in [-0.4, -0.2) is 11.0 Å². The van der Waals surface area contributed by atoms with E-state index in [0.717, 1.165) is 24.5 Å². The van der Waals surface area contributed by atoms with Gasteiger partial charge >= 0.3 is 0 Å². The molecule has 1 rings (SSSR count). The zero-order valence-corrected chi connectivity index (χ0v) is 11.9. The lowest BCUT2D eigenvalue weighted by molar-refractivity contribution is 0.393. The SMILES string of the molecule is CCC(NC(C)CCC(C)C)c1ccc(F)cn1. The van der Waals surface area contributed by atoms with Gasteiger partial charge in [-0.15, -0.1) is 0 Å². The minimum atomic E-state index is -0.276. The summed E-state index contributed by atoms with van der Waals surface area (Å²) in [6, 6.07) is 3.92. The molecule has 0 aliphatic heterocycles. The summed E-state index contributed by atoms with van der Waals surface area (Å²) in [6.07, 6.45) is 4.64. The van der Waals surface area contributed by atoms with E-state index in [1.54, 1.807) is 6.07 Å². The first-order chi connectivity index (χ1) is 8.52. The molecule has 0 aliphatic carbocycles. The average molecular weight is 252 g/mol. The second kappa shape index (κ2) is 7.47. The fourth-order valence-corrected chi connectivity index (χ4v) is 2.02. The Morgan fingerprint density at radius 2 is 1.94 bits per heavy atom. The van der Waals surface area contributed by atoms with Gasteiger partial charge in [-0.25, -0.2) is 4.39 Å². The van der Waals surface area contributed by atoms with Crippen molar-refractivity contribution in [3.63, 3.8) is 0 Å². The van der Waals surface area contributed by atoms with Gasteiger partial charge in [-0.05, 0) is 44.2 Å². The van der Waals surface area contributed by atoms with E-state index in [1.807, 2.05) is 0 Å². The number of nitrogens with zero attached hydrogens (tertiary/aromatic N) is 1. The van der Waals surface area contributed by atoms with Crippen molar-refractivity contribution in [1.82, 2.24) is 10.3 Å². The predicted molar refractivity (Wildman–Crippen MR) is 73.9 cm³/mol. The minimum Gasteiger partial charge on any atom is -0.306 e. The van der Waals surface area contributed by atoms with E-state index in [1.165, 1.54) is 18.7 Å². The molecule has 2 nitrogen and oxygen atoms in total. The quantitative estimate of drug-likeness (QED) is 0.790. The van der Waals surface area contributed by atoms with Crippen LogP contribution in [0.4, 0.5) is 4.39 Å². The maximum absolute atomic E-state index is 12.8. The first-order valence-corrected chi connectivity index (χ1v) is 6.90. The molecule has 0 bridgehead atoms. The topological polar surface area (TPSA) is 24.9 Å². The number of aromatic nitrogens is 1. The van der Waals surface area contributed by atoms with Crippen molar-refractivity contribution in [1.29, 1.82) is 0 Å². The molecule has 2 unspecified atom stereocenters. The molecule has 0 amide bonds. The summed E-state index contributed by atoms with van der Waals surface area (Å²) in [4.78, 5) is 4.16. The summed E-state index contributed by atoms with van der Waals surface area (Å²) < 4.78 is 12.8. The lowest BCUT2D eigenvalue weighted by atomic mass is 10.0. The molecule has 1 heterocycles. The molecule has 0 radical (unpaired) electrons. The maximum Gasteiger partial charge on any atom is 0.141 e. The molecule has 0 saturated heterocycles. The first kappa shape index (κ1) is 15.1. The van der Waals surface area contributed by atoms with Gasteiger partial charge in [-0.3, -0.25) is 4.98 Å². The molecule has 1 aromatic rings. The smallest absolute Gasteiger partial charge is 0.141 e. The lowest BCUT2D eigenvalue weighted by Crippen LogP contribution is -2.31. The molecule has 18 heavy (non-hydrogen) atoms. The van der Waals surface area contributed by atoms with Crippen molar-refractivity contribution in [2.45, 2.75) is 59.0 Å². The molecule has 2 atom stereocenters. The third-order valence-electron chi connectivity index (χ3n) is 3.18. The van der Waals surface area contributed by atoms with Crippen molar-refractivity contribution in [2.24, 2.45) is 5.92 Å². The van der Waals surface area contributed by atoms with Gasteiger partial charge in [0, 0.05) is 12.1 Å². The number of halogens is 1. The van der Waals surface area contributed by atoms with E-state index >= 15 is 0 Å². The Bertz CT molecular complexity index is 335. The highest BCUT2D eigenvalue weighted by molar-refractivity contribution is 5.09. The number of rotatable bonds is 7. The number of nitrogens with one attached hydrogen (secondary N) is 1. The summed E-state index contributed by atoms with van der Waals surface area (Å²) in [5, 5.41) is 3.57. The highest BCUT2D eigenvalue weighted by atomic mass is 19.1. The van der Waals surface area contributed by atoms with Gasteiger partial charge in [-0.1, -0.05) is 20.8 Å². The van der Waals surface area contributed by atoms with E-state index in [0.29, 0.717) is 6.04 Å². The summed E-state index contributed by atoms with van der Waals surface area (Å²) in [7, 11) is 0. The van der Waals surface area contributed by atoms with Gasteiger partial charge in [0.25, 0.3) is 0 Å². The van der Waals surface area contributed by atoms with Crippen LogP contribution in [0.15, 0.2) is 18.3 Å². The van der Waals surface area contributed by atoms with E-state index < -0.39 is 0 Å². The van der Waals surface area contributed by atoms with Gasteiger partial charge in [-0.2, -0.15) is 0 Å². The van der Waals surface area contributed by atoms with Crippen molar-refractivity contribution in [2.75, 3.05) is 0 Å². The van der Waals surface area contributed by atoms with Crippen molar-refractivity contribution < 1.29 is 4.39 Å². The van der Waals surface area contributed by atoms with Gasteiger partial charge < -0.3 is 5.32 Å². The molecule has 1 N–H and O–H groups in total. The summed E-state index contributed by atoms with van der Waals surface area (Å²) in [6.45, 7) is 8.81. The Hall–Kier alpha value is -0.960. The van der Waals surface area contributed by atoms with Crippen molar-refractivity contribution in [3.05, 3.63) is 29.8 Å². The fourth-order valence-electron chi connectivity index (χ4n) is 2.02. The van der Waals surface area contributed by atoms with Crippen LogP contribution in [0, 0.1) is 11.7 Å². The molecule has 0 aromatic carbocycles. The van der Waals surface area contributed by atoms with Crippen LogP contribution in [-0.2, 0) is 0 Å². The third-order valence-corrected chi connectivity index (χ3v) is 3.18. The van der Waals surface area contributed by atoms with Crippen LogP contribution < -0.4 is 5.32 Å². The molecule has 3 heteroatoms. The standard InChI is InChI=1S/C15H25FN2/c1-5-14(15-9-8-13(16)10-17-15)18-12(4)7-6-11(2)3/h8-12,14,18H,5-7H2,1-4H3. The first-order valence-electron chi connectivity index (χ1n) is 6.90. The molecule has 0 fully saturated rings. The number of pyridine rings is 1. The molecule has 0 spiro atoms. The Labute approximate surface area is 110 Å². The van der Waals surface area contributed by atoms with Crippen LogP contribution in [0.2, 0.25) is 0 Å². The van der Waals surface area contributed by atoms with Crippen molar-refractivity contribution in [3.8, 4) is 0 Å². The second-order valence-electron chi connectivity index (χ2n) is 5.40. The molecule has 102 valence electrons. The molecular formula is C15H25FN2. The van der Waals surface area contributed by atoms with E-state index in [2.05, 4.69) is 38.0 Å². The highest BCUT2D eigenvalue weighted by Crippen LogP contribution is 2.17. The second-order valence-corrected chi connectivity index (χ2v) is 5.40. The lowest BCUT2D eigenvalue weighted by Gasteiger charge is -2.22. The van der Waals surface area contributed by atoms with Gasteiger partial charge in [0.2, 0.25) is 0 Å². The van der Waals surface area contributed by atoms with Crippen LogP contribution >= 0.6 is 0 Å². The Kier molecular flexibility index (Phi) is 6.27. The molecule has 0 aliphatic rings. The largest absolute Gasteiger partial charge is 0.306 e. The zero-order chi connectivity index (χ0) is 13.5.